The van der Waals surface area contributed by atoms with Crippen LogP contribution in [0.3, 0.4) is 0 Å². The molecule has 4 saturated heterocycles. The minimum atomic E-state index is -1.05. The largest absolute Gasteiger partial charge is 0.490 e. The van der Waals surface area contributed by atoms with E-state index in [2.05, 4.69) is 21.3 Å². The number of carbonyl (C=O) groups is 6. The number of hydrogen-bond donors (Lipinski definition) is 6. The van der Waals surface area contributed by atoms with Gasteiger partial charge >= 0.3 is 11.9 Å². The monoisotopic (exact) mass is 936 g/mol. The summed E-state index contributed by atoms with van der Waals surface area (Å²) in [4.78, 5) is 80.9. The smallest absolute Gasteiger partial charge is 0.326 e. The van der Waals surface area contributed by atoms with E-state index in [4.69, 9.17) is 9.47 Å². The Labute approximate surface area is 390 Å². The maximum absolute atomic E-state index is 13.9. The highest BCUT2D eigenvalue weighted by Gasteiger charge is 2.58. The molecule has 0 bridgehead atoms. The third kappa shape index (κ3) is 9.72. The Morgan fingerprint density at radius 2 is 0.955 bits per heavy atom. The molecule has 66 heavy (non-hydrogen) atoms. The second-order valence-corrected chi connectivity index (χ2v) is 19.1. The van der Waals surface area contributed by atoms with Crippen LogP contribution in [0.25, 0.3) is 0 Å². The molecule has 4 fully saturated rings. The first-order valence-corrected chi connectivity index (χ1v) is 23.9. The lowest BCUT2D eigenvalue weighted by Gasteiger charge is -2.53. The molecule has 0 aromatic heterocycles. The molecule has 4 aliphatic rings. The van der Waals surface area contributed by atoms with Gasteiger partial charge in [-0.1, -0.05) is 111 Å². The molecular formula is C48H52N6O10S2. The molecule has 4 aromatic rings. The molecule has 10 atom stereocenters. The molecule has 4 aliphatic heterocycles. The molecule has 0 radical (unpaired) electrons. The number of nitrogens with one attached hydrogen (secondary N) is 4. The van der Waals surface area contributed by atoms with Crippen molar-refractivity contribution in [3.63, 3.8) is 0 Å². The number of aliphatic carboxylic acids is 2. The van der Waals surface area contributed by atoms with E-state index in [0.29, 0.717) is 34.1 Å². The summed E-state index contributed by atoms with van der Waals surface area (Å²) in [5.41, 5.74) is 2.94. The Morgan fingerprint density at radius 1 is 0.591 bits per heavy atom. The van der Waals surface area contributed by atoms with E-state index in [1.54, 1.807) is 0 Å². The molecule has 4 aromatic carbocycles. The van der Waals surface area contributed by atoms with Crippen LogP contribution in [0, 0.1) is 11.8 Å². The predicted molar refractivity (Wildman–Crippen MR) is 247 cm³/mol. The van der Waals surface area contributed by atoms with Crippen molar-refractivity contribution in [2.45, 2.75) is 73.9 Å². The van der Waals surface area contributed by atoms with Crippen LogP contribution in [0.5, 0.6) is 11.5 Å². The summed E-state index contributed by atoms with van der Waals surface area (Å²) in [6.07, 6.45) is 0. The number of rotatable bonds is 19. The molecule has 8 rings (SSSR count). The Bertz CT molecular complexity index is 2270. The van der Waals surface area contributed by atoms with E-state index < -0.39 is 82.6 Å². The Kier molecular flexibility index (Phi) is 14.5. The Balaban J connectivity index is 0.865. The molecule has 4 amide bonds. The fraction of sp³-hybridized carbons (Fsp3) is 0.375. The van der Waals surface area contributed by atoms with Crippen LogP contribution in [-0.4, -0.2) is 115 Å². The topological polar surface area (TPSA) is 216 Å². The van der Waals surface area contributed by atoms with E-state index >= 15 is 0 Å². The van der Waals surface area contributed by atoms with Gasteiger partial charge in [0, 0.05) is 35.7 Å². The number of carboxylic acid groups (broad SMARTS) is 2. The number of thioether (sulfide) groups is 2. The number of amides is 4. The zero-order valence-electron chi connectivity index (χ0n) is 36.3. The van der Waals surface area contributed by atoms with Crippen molar-refractivity contribution in [1.29, 1.82) is 0 Å². The van der Waals surface area contributed by atoms with Gasteiger partial charge in [-0.25, -0.2) is 9.59 Å². The predicted octanol–water partition coefficient (Wildman–Crippen LogP) is 3.78. The number of β-lactam (4-membered cyclic amide) rings is 2. The second-order valence-electron chi connectivity index (χ2n) is 16.8. The molecule has 18 heteroatoms. The maximum Gasteiger partial charge on any atom is 0.326 e. The molecule has 4 heterocycles. The Morgan fingerprint density at radius 3 is 1.33 bits per heavy atom. The summed E-state index contributed by atoms with van der Waals surface area (Å²) in [6.45, 7) is 4.46. The van der Waals surface area contributed by atoms with Crippen LogP contribution < -0.4 is 30.7 Å². The van der Waals surface area contributed by atoms with Crippen LogP contribution >= 0.6 is 23.5 Å². The van der Waals surface area contributed by atoms with Gasteiger partial charge in [-0.05, 0) is 35.1 Å². The second kappa shape index (κ2) is 20.6. The minimum absolute atomic E-state index is 0.179. The normalized spacial score (nSPS) is 25.2. The number of carboxylic acids is 2. The van der Waals surface area contributed by atoms with Gasteiger partial charge in [0.15, 0.2) is 0 Å². The number of ether oxygens (including phenoxy) is 2. The average Bonchev–Trinajstić information content (AvgIpc) is 3.32. The molecular weight excluding hydrogens is 885 g/mol. The summed E-state index contributed by atoms with van der Waals surface area (Å²) in [7, 11) is 0. The Hall–Kier alpha value is -6.08. The molecule has 0 spiro atoms. The number of para-hydroxylation sites is 2. The lowest BCUT2D eigenvalue weighted by molar-refractivity contribution is -0.165. The zero-order valence-corrected chi connectivity index (χ0v) is 37.9. The quantitative estimate of drug-likeness (QED) is 0.0584. The van der Waals surface area contributed by atoms with Crippen molar-refractivity contribution in [3.05, 3.63) is 131 Å². The van der Waals surface area contributed by atoms with Crippen LogP contribution in [0.4, 0.5) is 0 Å². The third-order valence-electron chi connectivity index (χ3n) is 12.3. The number of carbonyl (C=O) groups excluding carboxylic acids is 4. The van der Waals surface area contributed by atoms with Gasteiger partial charge in [-0.2, -0.15) is 0 Å². The third-order valence-corrected chi connectivity index (χ3v) is 15.4. The number of nitrogens with zero attached hydrogens (tertiary/aromatic N) is 2. The first kappa shape index (κ1) is 46.4. The number of benzene rings is 4. The minimum Gasteiger partial charge on any atom is -0.490 e. The molecule has 6 N–H and O–H groups in total. The lowest BCUT2D eigenvalue weighted by Crippen LogP contribution is -2.75. The van der Waals surface area contributed by atoms with Gasteiger partial charge in [-0.15, -0.1) is 23.5 Å². The van der Waals surface area contributed by atoms with Crippen molar-refractivity contribution in [2.75, 3.05) is 24.7 Å². The standard InChI is InChI=1S/C48H52N6O10S2/c1-27-25-65-45-37(43(57)53(45)39(27)47(59)60)51-41(55)35(29-13-5-3-6-14-29)49-23-31-17-9-11-19-33(31)63-21-22-64-34-20-12-10-18-32(34)24-50-36(30-15-7-4-8-16-30)42(56)52-38-44(58)54-40(48(61)62)28(2)26-66-46(38)54/h3-20,27-28,35-40,45-46,49-50H,21-26H2,1-2H3,(H,51,55)(H,52,56)(H,59,60)(H,61,62)/t27?,28?,35-,36?,37-,38+,39?,40?,45?,46?/m0/s1. The number of hydrogen-bond acceptors (Lipinski definition) is 12. The molecule has 7 unspecified atom stereocenters. The van der Waals surface area contributed by atoms with E-state index in [0.717, 1.165) is 11.1 Å². The number of fused-ring (bicyclic) bond motifs is 2. The van der Waals surface area contributed by atoms with E-state index in [1.807, 2.05) is 123 Å². The zero-order chi connectivity index (χ0) is 46.5. The highest BCUT2D eigenvalue weighted by atomic mass is 32.2. The van der Waals surface area contributed by atoms with Crippen LogP contribution in [0.2, 0.25) is 0 Å². The SMILES string of the molecule is CC1CSC2[C@H](NC(=O)C(NCc3ccccc3OCCOc3ccccc3CN[C@H](C(=O)N[C@H]3C(=O)N4C(C(=O)O)C(C)CSC34)c3ccccc3)c3ccccc3)C(=O)N2C1C(=O)O. The summed E-state index contributed by atoms with van der Waals surface area (Å²) in [5.74, 6) is -1.87. The fourth-order valence-corrected chi connectivity index (χ4v) is 11.8. The van der Waals surface area contributed by atoms with Gasteiger partial charge in [0.05, 0.1) is 0 Å². The van der Waals surface area contributed by atoms with Crippen LogP contribution in [0.15, 0.2) is 109 Å². The average molecular weight is 937 g/mol. The lowest BCUT2D eigenvalue weighted by atomic mass is 9.94. The van der Waals surface area contributed by atoms with Crippen LogP contribution in [-0.2, 0) is 41.9 Å². The molecule has 0 saturated carbocycles. The van der Waals surface area contributed by atoms with E-state index in [9.17, 15) is 39.0 Å². The van der Waals surface area contributed by atoms with Crippen molar-refractivity contribution >= 4 is 59.1 Å². The van der Waals surface area contributed by atoms with Crippen molar-refractivity contribution < 1.29 is 48.5 Å². The highest BCUT2D eigenvalue weighted by molar-refractivity contribution is 8.00. The van der Waals surface area contributed by atoms with E-state index in [-0.39, 0.29) is 38.1 Å². The van der Waals surface area contributed by atoms with Gasteiger partial charge < -0.3 is 40.1 Å². The van der Waals surface area contributed by atoms with Gasteiger partial charge in [0.2, 0.25) is 23.6 Å². The molecule has 0 aliphatic carbocycles. The first-order chi connectivity index (χ1) is 31.9. The van der Waals surface area contributed by atoms with Crippen molar-refractivity contribution in [3.8, 4) is 11.5 Å². The molecule has 346 valence electrons. The summed E-state index contributed by atoms with van der Waals surface area (Å²) in [6, 6.07) is 28.0. The summed E-state index contributed by atoms with van der Waals surface area (Å²) >= 11 is 2.95. The summed E-state index contributed by atoms with van der Waals surface area (Å²) < 4.78 is 12.4. The van der Waals surface area contributed by atoms with Gasteiger partial charge in [-0.3, -0.25) is 29.8 Å². The summed E-state index contributed by atoms with van der Waals surface area (Å²) in [5, 5.41) is 31.2. The maximum atomic E-state index is 13.9. The van der Waals surface area contributed by atoms with Gasteiger partial charge in [0.1, 0.15) is 71.7 Å². The van der Waals surface area contributed by atoms with Crippen molar-refractivity contribution in [2.24, 2.45) is 11.8 Å². The first-order valence-electron chi connectivity index (χ1n) is 21.8. The van der Waals surface area contributed by atoms with Gasteiger partial charge in [0.25, 0.3) is 0 Å². The van der Waals surface area contributed by atoms with Crippen molar-refractivity contribution in [1.82, 2.24) is 31.1 Å². The fourth-order valence-electron chi connectivity index (χ4n) is 8.94. The van der Waals surface area contributed by atoms with Crippen LogP contribution in [0.1, 0.15) is 48.2 Å². The highest BCUT2D eigenvalue weighted by Crippen LogP contribution is 2.42. The van der Waals surface area contributed by atoms with E-state index in [1.165, 1.54) is 33.3 Å². The molecule has 16 nitrogen and oxygen atoms in total.